The molecule has 0 spiro atoms. The van der Waals surface area contributed by atoms with Crippen LogP contribution in [0.1, 0.15) is 11.3 Å². The van der Waals surface area contributed by atoms with E-state index in [1.807, 2.05) is 49.3 Å². The van der Waals surface area contributed by atoms with E-state index in [-0.39, 0.29) is 0 Å². The summed E-state index contributed by atoms with van der Waals surface area (Å²) >= 11 is 12.6. The monoisotopic (exact) mass is 361 g/mol. The van der Waals surface area contributed by atoms with Crippen LogP contribution < -0.4 is 4.74 Å². The van der Waals surface area contributed by atoms with Gasteiger partial charge in [0, 0.05) is 6.54 Å². The van der Waals surface area contributed by atoms with E-state index in [0.717, 1.165) is 11.3 Å². The van der Waals surface area contributed by atoms with Crippen LogP contribution in [0, 0.1) is 0 Å². The van der Waals surface area contributed by atoms with Gasteiger partial charge in [-0.05, 0) is 25.7 Å². The average molecular weight is 362 g/mol. The van der Waals surface area contributed by atoms with Crippen molar-refractivity contribution in [1.29, 1.82) is 0 Å². The highest BCUT2D eigenvalue weighted by molar-refractivity contribution is 6.39. The fourth-order valence-corrected chi connectivity index (χ4v) is 2.94. The molecule has 0 radical (unpaired) electrons. The topological polar surface area (TPSA) is 38.2 Å². The number of benzene rings is 2. The predicted octanol–water partition coefficient (Wildman–Crippen LogP) is 4.58. The molecule has 0 aliphatic carbocycles. The molecule has 4 nitrogen and oxygen atoms in total. The largest absolute Gasteiger partial charge is 0.485 e. The Kier molecular flexibility index (Phi) is 5.19. The molecule has 0 amide bonds. The van der Waals surface area contributed by atoms with Crippen LogP contribution in [0.5, 0.6) is 5.75 Å². The van der Waals surface area contributed by atoms with Gasteiger partial charge < -0.3 is 9.64 Å². The van der Waals surface area contributed by atoms with E-state index in [0.29, 0.717) is 40.0 Å². The van der Waals surface area contributed by atoms with E-state index in [1.165, 1.54) is 0 Å². The van der Waals surface area contributed by atoms with Gasteiger partial charge in [0.25, 0.3) is 0 Å². The third kappa shape index (κ3) is 3.78. The molecule has 0 N–H and O–H groups in total. The van der Waals surface area contributed by atoms with Crippen molar-refractivity contribution in [3.8, 4) is 5.75 Å². The summed E-state index contributed by atoms with van der Waals surface area (Å²) in [6.45, 7) is 1.07. The maximum Gasteiger partial charge on any atom is 0.166 e. The predicted molar refractivity (Wildman–Crippen MR) is 97.7 cm³/mol. The Morgan fingerprint density at radius 3 is 2.50 bits per heavy atom. The molecule has 3 aromatic rings. The normalized spacial score (nSPS) is 11.2. The molecule has 0 unspecified atom stereocenters. The molecule has 2 aromatic carbocycles. The summed E-state index contributed by atoms with van der Waals surface area (Å²) in [6.07, 6.45) is 1.73. The highest BCUT2D eigenvalue weighted by atomic mass is 35.5. The average Bonchev–Trinajstić information content (AvgIpc) is 2.55. The number of fused-ring (bicyclic) bond motifs is 1. The summed E-state index contributed by atoms with van der Waals surface area (Å²) in [4.78, 5) is 11.1. The number of halogens is 2. The molecular weight excluding hydrogens is 345 g/mol. The van der Waals surface area contributed by atoms with Crippen LogP contribution in [0.15, 0.2) is 42.6 Å². The Labute approximate surface area is 151 Å². The first kappa shape index (κ1) is 17.0. The van der Waals surface area contributed by atoms with Gasteiger partial charge in [-0.1, -0.05) is 53.5 Å². The summed E-state index contributed by atoms with van der Waals surface area (Å²) < 4.78 is 5.94. The summed E-state index contributed by atoms with van der Waals surface area (Å²) in [5, 5.41) is 0.894. The minimum atomic E-state index is 0.400. The Balaban J connectivity index is 2.01. The molecule has 0 aliphatic heterocycles. The molecule has 0 atom stereocenters. The second kappa shape index (κ2) is 7.34. The lowest BCUT2D eigenvalue weighted by molar-refractivity contribution is 0.309. The lowest BCUT2D eigenvalue weighted by Crippen LogP contribution is -2.12. The molecule has 1 aromatic heterocycles. The zero-order chi connectivity index (χ0) is 17.1. The van der Waals surface area contributed by atoms with E-state index in [2.05, 4.69) is 9.97 Å². The van der Waals surface area contributed by atoms with Crippen molar-refractivity contribution in [3.63, 3.8) is 0 Å². The number of ether oxygens (including phenoxy) is 1. The number of hydrogen-bond acceptors (Lipinski definition) is 4. The Hall–Kier alpha value is -1.88. The van der Waals surface area contributed by atoms with E-state index >= 15 is 0 Å². The van der Waals surface area contributed by atoms with Gasteiger partial charge in [0.15, 0.2) is 5.75 Å². The Bertz CT molecular complexity index is 854. The summed E-state index contributed by atoms with van der Waals surface area (Å²) in [5.74, 6) is 0.507. The highest BCUT2D eigenvalue weighted by Crippen LogP contribution is 2.36. The van der Waals surface area contributed by atoms with Crippen molar-refractivity contribution in [2.24, 2.45) is 0 Å². The van der Waals surface area contributed by atoms with Gasteiger partial charge in [0.2, 0.25) is 0 Å². The molecule has 1 heterocycles. The van der Waals surface area contributed by atoms with Crippen molar-refractivity contribution in [2.45, 2.75) is 13.2 Å². The van der Waals surface area contributed by atoms with Gasteiger partial charge >= 0.3 is 0 Å². The molecule has 24 heavy (non-hydrogen) atoms. The summed E-state index contributed by atoms with van der Waals surface area (Å²) in [6, 6.07) is 11.5. The van der Waals surface area contributed by atoms with Gasteiger partial charge in [0.05, 0.1) is 21.9 Å². The van der Waals surface area contributed by atoms with Crippen molar-refractivity contribution < 1.29 is 4.74 Å². The van der Waals surface area contributed by atoms with Crippen molar-refractivity contribution >= 4 is 34.2 Å². The first-order valence-electron chi connectivity index (χ1n) is 7.49. The second-order valence-electron chi connectivity index (χ2n) is 5.74. The molecular formula is C18H17Cl2N3O. The van der Waals surface area contributed by atoms with Gasteiger partial charge in [0.1, 0.15) is 17.6 Å². The van der Waals surface area contributed by atoms with E-state index < -0.39 is 0 Å². The van der Waals surface area contributed by atoms with Crippen LogP contribution in [0.4, 0.5) is 0 Å². The molecule has 0 saturated carbocycles. The van der Waals surface area contributed by atoms with E-state index in [1.54, 1.807) is 12.3 Å². The first-order chi connectivity index (χ1) is 11.5. The van der Waals surface area contributed by atoms with Crippen LogP contribution in [0.25, 0.3) is 11.0 Å². The van der Waals surface area contributed by atoms with E-state index in [4.69, 9.17) is 27.9 Å². The van der Waals surface area contributed by atoms with Crippen molar-refractivity contribution in [1.82, 2.24) is 14.9 Å². The zero-order valence-electron chi connectivity index (χ0n) is 13.5. The van der Waals surface area contributed by atoms with Crippen molar-refractivity contribution in [2.75, 3.05) is 14.1 Å². The Morgan fingerprint density at radius 2 is 1.79 bits per heavy atom. The Morgan fingerprint density at radius 1 is 1.04 bits per heavy atom. The smallest absolute Gasteiger partial charge is 0.166 e. The zero-order valence-corrected chi connectivity index (χ0v) is 15.0. The third-order valence-corrected chi connectivity index (χ3v) is 4.01. The lowest BCUT2D eigenvalue weighted by Gasteiger charge is -2.14. The van der Waals surface area contributed by atoms with Gasteiger partial charge in [-0.15, -0.1) is 0 Å². The minimum absolute atomic E-state index is 0.400. The third-order valence-electron chi connectivity index (χ3n) is 3.44. The highest BCUT2D eigenvalue weighted by Gasteiger charge is 2.15. The standard InChI is InChI=1S/C18H17Cl2N3O/c1-23(2)10-13-9-21-16-14(19)8-15(20)18(17(16)22-13)24-11-12-6-4-3-5-7-12/h3-9H,10-11H2,1-2H3. The number of nitrogens with zero attached hydrogens (tertiary/aromatic N) is 3. The lowest BCUT2D eigenvalue weighted by atomic mass is 10.2. The molecule has 0 fully saturated rings. The molecule has 124 valence electrons. The summed E-state index contributed by atoms with van der Waals surface area (Å²) in [7, 11) is 3.95. The van der Waals surface area contributed by atoms with Gasteiger partial charge in [-0.2, -0.15) is 0 Å². The SMILES string of the molecule is CN(C)Cc1cnc2c(Cl)cc(Cl)c(OCc3ccccc3)c2n1. The molecule has 3 rings (SSSR count). The first-order valence-corrected chi connectivity index (χ1v) is 8.25. The number of rotatable bonds is 5. The fraction of sp³-hybridized carbons (Fsp3) is 0.222. The molecule has 0 bridgehead atoms. The molecule has 0 aliphatic rings. The van der Waals surface area contributed by atoms with Gasteiger partial charge in [-0.25, -0.2) is 4.98 Å². The second-order valence-corrected chi connectivity index (χ2v) is 6.55. The maximum atomic E-state index is 6.35. The van der Waals surface area contributed by atoms with Crippen molar-refractivity contribution in [3.05, 3.63) is 63.9 Å². The number of aromatic nitrogens is 2. The fourth-order valence-electron chi connectivity index (χ4n) is 2.38. The number of hydrogen-bond donors (Lipinski definition) is 0. The molecule has 0 saturated heterocycles. The van der Waals surface area contributed by atoms with Gasteiger partial charge in [-0.3, -0.25) is 4.98 Å². The van der Waals surface area contributed by atoms with Crippen LogP contribution in [0.2, 0.25) is 10.0 Å². The summed E-state index contributed by atoms with van der Waals surface area (Å²) in [5.41, 5.74) is 3.05. The molecule has 6 heteroatoms. The minimum Gasteiger partial charge on any atom is -0.485 e. The quantitative estimate of drug-likeness (QED) is 0.666. The van der Waals surface area contributed by atoms with Crippen LogP contribution in [-0.4, -0.2) is 29.0 Å². The maximum absolute atomic E-state index is 6.35. The van der Waals surface area contributed by atoms with Crippen LogP contribution in [0.3, 0.4) is 0 Å². The van der Waals surface area contributed by atoms with Crippen LogP contribution >= 0.6 is 23.2 Å². The van der Waals surface area contributed by atoms with E-state index in [9.17, 15) is 0 Å². The van der Waals surface area contributed by atoms with Crippen LogP contribution in [-0.2, 0) is 13.2 Å².